The topological polar surface area (TPSA) is 238 Å². The number of ether oxygens (including phenoxy) is 9. The Bertz CT molecular complexity index is 1700. The van der Waals surface area contributed by atoms with E-state index in [1.165, 1.54) is 22.6 Å². The number of carbonyl (C=O) groups is 5. The molecule has 66 heavy (non-hydrogen) atoms. The molecule has 21 nitrogen and oxygen atoms in total. The van der Waals surface area contributed by atoms with Crippen LogP contribution in [-0.4, -0.2) is 181 Å². The Morgan fingerprint density at radius 2 is 1.12 bits per heavy atom. The number of carbonyl (C=O) groups excluding carboxylic acids is 5. The SMILES string of the molecule is CCc1ccc(NC(=O)COCC(=O)NCCOCCOCCOCCOCCOCCOCCOCCOCCn2cc(CNC(=O)C3CCC(CN4C(=O)C=CC4=O)CC3)nn2)cc1. The zero-order chi connectivity index (χ0) is 46.9. The van der Waals surface area contributed by atoms with Crippen molar-refractivity contribution < 1.29 is 66.6 Å². The fourth-order valence-electron chi connectivity index (χ4n) is 6.70. The van der Waals surface area contributed by atoms with Crippen LogP contribution in [0.15, 0.2) is 42.6 Å². The minimum Gasteiger partial charge on any atom is -0.377 e. The molecule has 368 valence electrons. The summed E-state index contributed by atoms with van der Waals surface area (Å²) >= 11 is 0. The van der Waals surface area contributed by atoms with Crippen LogP contribution >= 0.6 is 0 Å². The van der Waals surface area contributed by atoms with Gasteiger partial charge in [-0.15, -0.1) is 5.10 Å². The van der Waals surface area contributed by atoms with Crippen LogP contribution in [-0.2, 0) is 86.1 Å². The van der Waals surface area contributed by atoms with E-state index in [1.54, 1.807) is 10.9 Å². The highest BCUT2D eigenvalue weighted by molar-refractivity contribution is 6.12. The van der Waals surface area contributed by atoms with Gasteiger partial charge in [0.2, 0.25) is 17.7 Å². The molecule has 0 spiro atoms. The number of nitrogens with one attached hydrogen (secondary N) is 3. The number of hydrogen-bond acceptors (Lipinski definition) is 16. The van der Waals surface area contributed by atoms with Crippen LogP contribution in [0.5, 0.6) is 0 Å². The lowest BCUT2D eigenvalue weighted by atomic mass is 9.81. The minimum absolute atomic E-state index is 0.0143. The maximum absolute atomic E-state index is 12.7. The Hall–Kier alpha value is -4.71. The van der Waals surface area contributed by atoms with Gasteiger partial charge in [-0.25, -0.2) is 4.68 Å². The number of rotatable bonds is 38. The second-order valence-electron chi connectivity index (χ2n) is 15.4. The molecule has 4 rings (SSSR count). The molecule has 5 amide bonds. The van der Waals surface area contributed by atoms with Gasteiger partial charge in [0, 0.05) is 36.8 Å². The predicted molar refractivity (Wildman–Crippen MR) is 238 cm³/mol. The average Bonchev–Trinajstić information content (AvgIpc) is 3.92. The van der Waals surface area contributed by atoms with Gasteiger partial charge in [0.25, 0.3) is 11.8 Å². The van der Waals surface area contributed by atoms with Gasteiger partial charge in [-0.2, -0.15) is 0 Å². The zero-order valence-corrected chi connectivity index (χ0v) is 38.3. The Kier molecular flexibility index (Phi) is 27.5. The molecular weight excluding hydrogens is 863 g/mol. The Balaban J connectivity index is 0.799. The second kappa shape index (κ2) is 33.7. The number of amides is 5. The summed E-state index contributed by atoms with van der Waals surface area (Å²) < 4.78 is 51.0. The van der Waals surface area contributed by atoms with Gasteiger partial charge in [-0.1, -0.05) is 24.3 Å². The van der Waals surface area contributed by atoms with Crippen LogP contribution in [0, 0.1) is 11.8 Å². The summed E-state index contributed by atoms with van der Waals surface area (Å²) in [6.07, 6.45) is 8.36. The number of aromatic nitrogens is 3. The molecule has 2 heterocycles. The fraction of sp³-hybridized carbons (Fsp3) is 0.667. The lowest BCUT2D eigenvalue weighted by Gasteiger charge is -2.29. The van der Waals surface area contributed by atoms with Gasteiger partial charge in [0.15, 0.2) is 0 Å². The van der Waals surface area contributed by atoms with Gasteiger partial charge in [-0.3, -0.25) is 28.9 Å². The lowest BCUT2D eigenvalue weighted by molar-refractivity contribution is -0.138. The quantitative estimate of drug-likeness (QED) is 0.0631. The van der Waals surface area contributed by atoms with E-state index >= 15 is 0 Å². The largest absolute Gasteiger partial charge is 0.377 e. The van der Waals surface area contributed by atoms with Crippen LogP contribution < -0.4 is 16.0 Å². The first-order valence-electron chi connectivity index (χ1n) is 22.9. The highest BCUT2D eigenvalue weighted by Crippen LogP contribution is 2.30. The Labute approximate surface area is 386 Å². The third kappa shape index (κ3) is 23.7. The number of imide groups is 1. The van der Waals surface area contributed by atoms with E-state index in [4.69, 9.17) is 42.6 Å². The molecule has 1 aliphatic heterocycles. The first-order valence-corrected chi connectivity index (χ1v) is 22.9. The number of hydrogen-bond donors (Lipinski definition) is 3. The molecule has 2 aliphatic rings. The predicted octanol–water partition coefficient (Wildman–Crippen LogP) is 1.09. The number of anilines is 1. The van der Waals surface area contributed by atoms with E-state index in [0.29, 0.717) is 143 Å². The third-order valence-electron chi connectivity index (χ3n) is 10.3. The van der Waals surface area contributed by atoms with E-state index in [1.807, 2.05) is 24.3 Å². The second-order valence-corrected chi connectivity index (χ2v) is 15.4. The molecule has 1 aliphatic carbocycles. The Morgan fingerprint density at radius 1 is 0.621 bits per heavy atom. The minimum atomic E-state index is -0.328. The van der Waals surface area contributed by atoms with E-state index in [0.717, 1.165) is 32.1 Å². The van der Waals surface area contributed by atoms with Crippen molar-refractivity contribution in [1.29, 1.82) is 0 Å². The number of nitrogens with zero attached hydrogens (tertiary/aromatic N) is 4. The van der Waals surface area contributed by atoms with Crippen molar-refractivity contribution in [1.82, 2.24) is 30.5 Å². The summed E-state index contributed by atoms with van der Waals surface area (Å²) in [4.78, 5) is 61.5. The van der Waals surface area contributed by atoms with Crippen molar-refractivity contribution in [3.8, 4) is 0 Å². The molecule has 0 radical (unpaired) electrons. The standard InChI is InChI=1S/C45H69N7O14/c1-2-36-5-9-39(10-6-36)48-42(54)35-66-34-41(53)46-13-15-58-17-19-60-21-23-62-25-27-64-29-30-65-28-26-63-24-22-61-20-18-59-16-14-51-33-40(49-50-51)31-47-45(57)38-7-3-37(4-8-38)32-52-43(55)11-12-44(52)56/h5-6,9-12,33,37-38H,2-4,7-8,13-32,34-35H2,1H3,(H,46,53)(H,47,57)(H,48,54). The molecular formula is C45H69N7O14. The van der Waals surface area contributed by atoms with Crippen molar-refractivity contribution >= 4 is 35.2 Å². The number of benzene rings is 1. The highest BCUT2D eigenvalue weighted by atomic mass is 16.6. The molecule has 0 saturated heterocycles. The first kappa shape index (κ1) is 53.9. The molecule has 0 unspecified atom stereocenters. The molecule has 1 saturated carbocycles. The lowest BCUT2D eigenvalue weighted by Crippen LogP contribution is -2.38. The summed E-state index contributed by atoms with van der Waals surface area (Å²) in [5, 5.41) is 16.6. The van der Waals surface area contributed by atoms with Crippen LogP contribution in [0.3, 0.4) is 0 Å². The molecule has 1 aromatic carbocycles. The van der Waals surface area contributed by atoms with Gasteiger partial charge >= 0.3 is 0 Å². The van der Waals surface area contributed by atoms with Gasteiger partial charge < -0.3 is 58.6 Å². The van der Waals surface area contributed by atoms with E-state index < -0.39 is 0 Å². The maximum Gasteiger partial charge on any atom is 0.253 e. The zero-order valence-electron chi connectivity index (χ0n) is 38.3. The summed E-state index contributed by atoms with van der Waals surface area (Å²) in [5.41, 5.74) is 2.53. The smallest absolute Gasteiger partial charge is 0.253 e. The third-order valence-corrected chi connectivity index (χ3v) is 10.3. The van der Waals surface area contributed by atoms with Crippen LogP contribution in [0.4, 0.5) is 5.69 Å². The van der Waals surface area contributed by atoms with Crippen molar-refractivity contribution in [2.45, 2.75) is 52.1 Å². The molecule has 1 aromatic heterocycles. The van der Waals surface area contributed by atoms with Crippen molar-refractivity contribution in [3.05, 3.63) is 53.9 Å². The first-order chi connectivity index (χ1) is 32.3. The van der Waals surface area contributed by atoms with Crippen molar-refractivity contribution in [2.24, 2.45) is 11.8 Å². The molecule has 21 heteroatoms. The summed E-state index contributed by atoms with van der Waals surface area (Å²) in [6.45, 7) is 10.1. The van der Waals surface area contributed by atoms with Gasteiger partial charge in [0.1, 0.15) is 18.9 Å². The molecule has 3 N–H and O–H groups in total. The summed E-state index contributed by atoms with van der Waals surface area (Å²) in [7, 11) is 0. The molecule has 0 atom stereocenters. The molecule has 0 bridgehead atoms. The molecule has 2 aromatic rings. The van der Waals surface area contributed by atoms with Crippen LogP contribution in [0.25, 0.3) is 0 Å². The van der Waals surface area contributed by atoms with E-state index in [9.17, 15) is 24.0 Å². The molecule has 1 fully saturated rings. The van der Waals surface area contributed by atoms with E-state index in [2.05, 4.69) is 33.2 Å². The van der Waals surface area contributed by atoms with Crippen LogP contribution in [0.1, 0.15) is 43.9 Å². The number of aryl methyl sites for hydroxylation is 1. The monoisotopic (exact) mass is 931 g/mol. The summed E-state index contributed by atoms with van der Waals surface area (Å²) in [6, 6.07) is 7.56. The van der Waals surface area contributed by atoms with Gasteiger partial charge in [0.05, 0.1) is 125 Å². The van der Waals surface area contributed by atoms with Crippen molar-refractivity contribution in [2.75, 3.05) is 137 Å². The van der Waals surface area contributed by atoms with E-state index in [-0.39, 0.29) is 54.6 Å². The van der Waals surface area contributed by atoms with Gasteiger partial charge in [-0.05, 0) is 55.7 Å². The van der Waals surface area contributed by atoms with Crippen molar-refractivity contribution in [3.63, 3.8) is 0 Å². The summed E-state index contributed by atoms with van der Waals surface area (Å²) in [5.74, 6) is -1.06. The normalized spacial score (nSPS) is 16.0. The van der Waals surface area contributed by atoms with Crippen LogP contribution in [0.2, 0.25) is 0 Å². The highest BCUT2D eigenvalue weighted by Gasteiger charge is 2.31. The average molecular weight is 932 g/mol. The maximum atomic E-state index is 12.7. The Morgan fingerprint density at radius 3 is 1.65 bits per heavy atom. The fourth-order valence-corrected chi connectivity index (χ4v) is 6.70.